The Labute approximate surface area is 84.9 Å². The molecule has 0 aromatic carbocycles. The summed E-state index contributed by atoms with van der Waals surface area (Å²) in [7, 11) is 0. The summed E-state index contributed by atoms with van der Waals surface area (Å²) in [6.45, 7) is 6.09. The van der Waals surface area contributed by atoms with Crippen LogP contribution in [0.4, 0.5) is 13.2 Å². The van der Waals surface area contributed by atoms with E-state index in [0.29, 0.717) is 12.3 Å². The van der Waals surface area contributed by atoms with E-state index in [1.165, 1.54) is 0 Å². The maximum atomic E-state index is 12.0. The quantitative estimate of drug-likeness (QED) is 0.591. The minimum absolute atomic E-state index is 0.233. The highest BCUT2D eigenvalue weighted by atomic mass is 19.4. The first-order chi connectivity index (χ1) is 6.37. The molecule has 1 unspecified atom stereocenters. The Kier molecular flexibility index (Phi) is 6.21. The molecule has 0 fully saturated rings. The Balaban J connectivity index is 3.85. The summed E-state index contributed by atoms with van der Waals surface area (Å²) < 4.78 is 36.0. The van der Waals surface area contributed by atoms with Crippen molar-refractivity contribution in [3.8, 4) is 0 Å². The number of alkyl halides is 3. The molecule has 1 atom stereocenters. The normalized spacial score (nSPS) is 14.8. The van der Waals surface area contributed by atoms with Crippen molar-refractivity contribution >= 4 is 0 Å². The molecule has 0 aliphatic carbocycles. The summed E-state index contributed by atoms with van der Waals surface area (Å²) in [4.78, 5) is 0. The average molecular weight is 210 g/mol. The summed E-state index contributed by atoms with van der Waals surface area (Å²) >= 11 is 0. The van der Waals surface area contributed by atoms with Crippen LogP contribution in [0.25, 0.3) is 0 Å². The number of halogens is 3. The Bertz CT molecular complexity index is 138. The highest BCUT2D eigenvalue weighted by Gasteiger charge is 2.28. The van der Waals surface area contributed by atoms with Gasteiger partial charge in [-0.05, 0) is 18.3 Å². The Morgan fingerprint density at radius 3 is 2.00 bits per heavy atom. The third-order valence-electron chi connectivity index (χ3n) is 2.67. The predicted molar refractivity (Wildman–Crippen MR) is 53.1 cm³/mol. The first-order valence-corrected chi connectivity index (χ1v) is 5.43. The van der Waals surface area contributed by atoms with Gasteiger partial charge in [-0.2, -0.15) is 13.2 Å². The zero-order valence-electron chi connectivity index (χ0n) is 9.32. The van der Waals surface area contributed by atoms with Crippen LogP contribution in [0.2, 0.25) is 0 Å². The Morgan fingerprint density at radius 2 is 1.64 bits per heavy atom. The van der Waals surface area contributed by atoms with Gasteiger partial charge in [0, 0.05) is 6.42 Å². The second-order valence-electron chi connectivity index (χ2n) is 4.30. The SMILES string of the molecule is CCCCC(CCC(F)(F)F)C(C)C. The van der Waals surface area contributed by atoms with Crippen LogP contribution in [-0.4, -0.2) is 6.18 Å². The lowest BCUT2D eigenvalue weighted by atomic mass is 9.87. The van der Waals surface area contributed by atoms with E-state index in [1.54, 1.807) is 0 Å². The number of unbranched alkanes of at least 4 members (excludes halogenated alkanes) is 1. The molecular formula is C11H21F3. The van der Waals surface area contributed by atoms with Crippen molar-refractivity contribution in [1.82, 2.24) is 0 Å². The fourth-order valence-electron chi connectivity index (χ4n) is 1.63. The van der Waals surface area contributed by atoms with Gasteiger partial charge in [0.05, 0.1) is 0 Å². The molecular weight excluding hydrogens is 189 g/mol. The lowest BCUT2D eigenvalue weighted by molar-refractivity contribution is -0.138. The Hall–Kier alpha value is -0.210. The smallest absolute Gasteiger partial charge is 0.171 e. The molecule has 0 aromatic heterocycles. The van der Waals surface area contributed by atoms with Crippen LogP contribution < -0.4 is 0 Å². The number of hydrogen-bond donors (Lipinski definition) is 0. The van der Waals surface area contributed by atoms with Crippen LogP contribution in [-0.2, 0) is 0 Å². The van der Waals surface area contributed by atoms with Gasteiger partial charge in [-0.15, -0.1) is 0 Å². The van der Waals surface area contributed by atoms with Gasteiger partial charge >= 0.3 is 6.18 Å². The topological polar surface area (TPSA) is 0 Å². The largest absolute Gasteiger partial charge is 0.389 e. The van der Waals surface area contributed by atoms with Crippen LogP contribution in [0.5, 0.6) is 0 Å². The van der Waals surface area contributed by atoms with Gasteiger partial charge < -0.3 is 0 Å². The standard InChI is InChI=1S/C11H21F3/c1-4-5-6-10(9(2)3)7-8-11(12,13)14/h9-10H,4-8H2,1-3H3. The maximum Gasteiger partial charge on any atom is 0.389 e. The summed E-state index contributed by atoms with van der Waals surface area (Å²) in [6, 6.07) is 0. The molecule has 0 saturated heterocycles. The van der Waals surface area contributed by atoms with Crippen molar-refractivity contribution in [3.05, 3.63) is 0 Å². The molecule has 0 heterocycles. The van der Waals surface area contributed by atoms with Gasteiger partial charge in [-0.1, -0.05) is 40.0 Å². The monoisotopic (exact) mass is 210 g/mol. The molecule has 0 bridgehead atoms. The number of rotatable bonds is 6. The fourth-order valence-corrected chi connectivity index (χ4v) is 1.63. The molecule has 0 spiro atoms. The van der Waals surface area contributed by atoms with Crippen LogP contribution in [0.1, 0.15) is 52.9 Å². The van der Waals surface area contributed by atoms with E-state index >= 15 is 0 Å². The first kappa shape index (κ1) is 13.8. The number of hydrogen-bond acceptors (Lipinski definition) is 0. The van der Waals surface area contributed by atoms with Crippen LogP contribution in [0.3, 0.4) is 0 Å². The van der Waals surface area contributed by atoms with E-state index in [0.717, 1.165) is 19.3 Å². The van der Waals surface area contributed by atoms with Gasteiger partial charge in [0.2, 0.25) is 0 Å². The Morgan fingerprint density at radius 1 is 1.07 bits per heavy atom. The van der Waals surface area contributed by atoms with Gasteiger partial charge in [0.25, 0.3) is 0 Å². The van der Waals surface area contributed by atoms with Crippen LogP contribution in [0.15, 0.2) is 0 Å². The summed E-state index contributed by atoms with van der Waals surface area (Å²) in [5, 5.41) is 0. The fraction of sp³-hybridized carbons (Fsp3) is 1.00. The van der Waals surface area contributed by atoms with Crippen LogP contribution >= 0.6 is 0 Å². The van der Waals surface area contributed by atoms with Crippen molar-refractivity contribution in [1.29, 1.82) is 0 Å². The average Bonchev–Trinajstić information content (AvgIpc) is 2.01. The zero-order valence-corrected chi connectivity index (χ0v) is 9.32. The first-order valence-electron chi connectivity index (χ1n) is 5.43. The third-order valence-corrected chi connectivity index (χ3v) is 2.67. The minimum atomic E-state index is -3.99. The highest BCUT2D eigenvalue weighted by molar-refractivity contribution is 4.65. The van der Waals surface area contributed by atoms with E-state index in [2.05, 4.69) is 6.92 Å². The van der Waals surface area contributed by atoms with E-state index < -0.39 is 12.6 Å². The lowest BCUT2D eigenvalue weighted by Crippen LogP contribution is -2.14. The third kappa shape index (κ3) is 7.22. The molecule has 0 N–H and O–H groups in total. The second kappa shape index (κ2) is 6.31. The predicted octanol–water partition coefficient (Wildman–Crippen LogP) is 4.79. The molecule has 0 rings (SSSR count). The lowest BCUT2D eigenvalue weighted by Gasteiger charge is -2.21. The zero-order chi connectivity index (χ0) is 11.2. The minimum Gasteiger partial charge on any atom is -0.171 e. The van der Waals surface area contributed by atoms with Crippen molar-refractivity contribution in [3.63, 3.8) is 0 Å². The molecule has 0 aromatic rings. The van der Waals surface area contributed by atoms with Gasteiger partial charge in [0.1, 0.15) is 0 Å². The molecule has 86 valence electrons. The van der Waals surface area contributed by atoms with Crippen molar-refractivity contribution < 1.29 is 13.2 Å². The van der Waals surface area contributed by atoms with E-state index in [-0.39, 0.29) is 5.92 Å². The van der Waals surface area contributed by atoms with Gasteiger partial charge in [0.15, 0.2) is 0 Å². The van der Waals surface area contributed by atoms with Gasteiger partial charge in [-0.25, -0.2) is 0 Å². The molecule has 14 heavy (non-hydrogen) atoms. The molecule has 0 saturated carbocycles. The summed E-state index contributed by atoms with van der Waals surface area (Å²) in [6.07, 6.45) is -1.28. The highest BCUT2D eigenvalue weighted by Crippen LogP contribution is 2.29. The van der Waals surface area contributed by atoms with E-state index in [4.69, 9.17) is 0 Å². The summed E-state index contributed by atoms with van der Waals surface area (Å²) in [5.41, 5.74) is 0. The second-order valence-corrected chi connectivity index (χ2v) is 4.30. The van der Waals surface area contributed by atoms with Crippen molar-refractivity contribution in [2.45, 2.75) is 59.1 Å². The molecule has 0 aliphatic heterocycles. The molecule has 3 heteroatoms. The maximum absolute atomic E-state index is 12.0. The molecule has 0 amide bonds. The molecule has 0 nitrogen and oxygen atoms in total. The van der Waals surface area contributed by atoms with Crippen molar-refractivity contribution in [2.75, 3.05) is 0 Å². The van der Waals surface area contributed by atoms with E-state index in [1.807, 2.05) is 13.8 Å². The van der Waals surface area contributed by atoms with Gasteiger partial charge in [-0.3, -0.25) is 0 Å². The summed E-state index contributed by atoms with van der Waals surface area (Å²) in [5.74, 6) is 0.598. The van der Waals surface area contributed by atoms with Crippen LogP contribution in [0, 0.1) is 11.8 Å². The van der Waals surface area contributed by atoms with E-state index in [9.17, 15) is 13.2 Å². The van der Waals surface area contributed by atoms with Crippen molar-refractivity contribution in [2.24, 2.45) is 11.8 Å². The molecule has 0 aliphatic rings. The molecule has 0 radical (unpaired) electrons.